The van der Waals surface area contributed by atoms with Crippen molar-refractivity contribution in [3.63, 3.8) is 0 Å². The lowest BCUT2D eigenvalue weighted by atomic mass is 10.1. The van der Waals surface area contributed by atoms with Gasteiger partial charge in [0.05, 0.1) is 6.61 Å². The average molecular weight is 402 g/mol. The smallest absolute Gasteiger partial charge is 0.279 e. The second-order valence-corrected chi connectivity index (χ2v) is 6.13. The molecular weight excluding hydrogens is 379 g/mol. The maximum absolute atomic E-state index is 12.9. The van der Waals surface area contributed by atoms with Gasteiger partial charge in [0.1, 0.15) is 17.3 Å². The van der Waals surface area contributed by atoms with Crippen molar-refractivity contribution in [3.8, 4) is 11.5 Å². The van der Waals surface area contributed by atoms with Crippen molar-refractivity contribution in [2.24, 2.45) is 0 Å². The van der Waals surface area contributed by atoms with E-state index in [2.05, 4.69) is 10.9 Å². The zero-order valence-electron chi connectivity index (χ0n) is 16.2. The van der Waals surface area contributed by atoms with E-state index in [1.165, 1.54) is 31.2 Å². The Hall–Kier alpha value is -3.42. The zero-order chi connectivity index (χ0) is 21.2. The van der Waals surface area contributed by atoms with Gasteiger partial charge in [0, 0.05) is 18.4 Å². The molecule has 0 heterocycles. The number of hydrazine groups is 1. The molecule has 0 aromatic heterocycles. The standard InChI is InChI=1S/C21H23FN2O5/c1-3-28-17-8-10-18(11-9-17)29-14(2)21(27)24-23-20(26)13-12-19(25)15-4-6-16(22)7-5-15/h4-11,14H,3,12-13H2,1-2H3,(H,23,26)(H,24,27)/t14-/m0/s1. The van der Waals surface area contributed by atoms with Gasteiger partial charge in [0.25, 0.3) is 5.91 Å². The molecule has 0 aliphatic heterocycles. The number of Topliss-reactive ketones (excluding diaryl/α,β-unsaturated/α-hetero) is 1. The molecule has 0 unspecified atom stereocenters. The number of ketones is 1. The summed E-state index contributed by atoms with van der Waals surface area (Å²) in [6.45, 7) is 3.97. The highest BCUT2D eigenvalue weighted by Crippen LogP contribution is 2.18. The minimum Gasteiger partial charge on any atom is -0.494 e. The molecule has 2 rings (SSSR count). The summed E-state index contributed by atoms with van der Waals surface area (Å²) in [7, 11) is 0. The Kier molecular flexibility index (Phi) is 8.14. The van der Waals surface area contributed by atoms with E-state index in [1.807, 2.05) is 6.92 Å². The van der Waals surface area contributed by atoms with Crippen molar-refractivity contribution < 1.29 is 28.2 Å². The van der Waals surface area contributed by atoms with Crippen molar-refractivity contribution in [2.75, 3.05) is 6.61 Å². The van der Waals surface area contributed by atoms with E-state index in [0.717, 1.165) is 0 Å². The van der Waals surface area contributed by atoms with Gasteiger partial charge in [-0.1, -0.05) is 0 Å². The third-order valence-electron chi connectivity index (χ3n) is 3.89. The lowest BCUT2D eigenvalue weighted by Crippen LogP contribution is -2.47. The van der Waals surface area contributed by atoms with Crippen molar-refractivity contribution in [1.82, 2.24) is 10.9 Å². The molecule has 0 bridgehead atoms. The van der Waals surface area contributed by atoms with Crippen LogP contribution in [-0.2, 0) is 9.59 Å². The van der Waals surface area contributed by atoms with Gasteiger partial charge in [-0.2, -0.15) is 0 Å². The van der Waals surface area contributed by atoms with Crippen molar-refractivity contribution in [3.05, 3.63) is 59.9 Å². The van der Waals surface area contributed by atoms with Crippen molar-refractivity contribution in [1.29, 1.82) is 0 Å². The van der Waals surface area contributed by atoms with E-state index in [0.29, 0.717) is 23.7 Å². The first kappa shape index (κ1) is 21.9. The molecule has 0 saturated heterocycles. The second kappa shape index (κ2) is 10.8. The quantitative estimate of drug-likeness (QED) is 0.497. The normalized spacial score (nSPS) is 11.3. The van der Waals surface area contributed by atoms with Gasteiger partial charge < -0.3 is 9.47 Å². The third kappa shape index (κ3) is 7.25. The molecule has 7 nitrogen and oxygen atoms in total. The summed E-state index contributed by atoms with van der Waals surface area (Å²) in [4.78, 5) is 35.8. The summed E-state index contributed by atoms with van der Waals surface area (Å²) in [6, 6.07) is 11.9. The van der Waals surface area contributed by atoms with Crippen LogP contribution in [0.2, 0.25) is 0 Å². The number of halogens is 1. The Labute approximate surface area is 168 Å². The molecule has 0 fully saturated rings. The molecule has 2 N–H and O–H groups in total. The van der Waals surface area contributed by atoms with Crippen LogP contribution in [0.1, 0.15) is 37.0 Å². The molecule has 1 atom stereocenters. The first-order valence-corrected chi connectivity index (χ1v) is 9.16. The monoisotopic (exact) mass is 402 g/mol. The number of benzene rings is 2. The summed E-state index contributed by atoms with van der Waals surface area (Å²) >= 11 is 0. The summed E-state index contributed by atoms with van der Waals surface area (Å²) < 4.78 is 23.7. The Morgan fingerprint density at radius 2 is 1.55 bits per heavy atom. The number of hydrogen-bond acceptors (Lipinski definition) is 5. The minimum absolute atomic E-state index is 0.0639. The SMILES string of the molecule is CCOc1ccc(O[C@@H](C)C(=O)NNC(=O)CCC(=O)c2ccc(F)cc2)cc1. The molecular formula is C21H23FN2O5. The highest BCUT2D eigenvalue weighted by Gasteiger charge is 2.16. The van der Waals surface area contributed by atoms with Crippen LogP contribution in [0.3, 0.4) is 0 Å². The van der Waals surface area contributed by atoms with Gasteiger partial charge in [-0.25, -0.2) is 4.39 Å². The number of ether oxygens (including phenoxy) is 2. The molecule has 0 aliphatic rings. The van der Waals surface area contributed by atoms with Gasteiger partial charge in [-0.3, -0.25) is 25.2 Å². The predicted octanol–water partition coefficient (Wildman–Crippen LogP) is 2.80. The number of nitrogens with one attached hydrogen (secondary N) is 2. The highest BCUT2D eigenvalue weighted by molar-refractivity contribution is 5.98. The lowest BCUT2D eigenvalue weighted by Gasteiger charge is -2.15. The van der Waals surface area contributed by atoms with E-state index >= 15 is 0 Å². The molecule has 0 aliphatic carbocycles. The number of hydrogen-bond donors (Lipinski definition) is 2. The molecule has 29 heavy (non-hydrogen) atoms. The van der Waals surface area contributed by atoms with E-state index in [-0.39, 0.29) is 18.6 Å². The molecule has 154 valence electrons. The first-order chi connectivity index (χ1) is 13.9. The predicted molar refractivity (Wildman–Crippen MR) is 104 cm³/mol. The fourth-order valence-corrected chi connectivity index (χ4v) is 2.34. The largest absolute Gasteiger partial charge is 0.494 e. The minimum atomic E-state index is -0.853. The van der Waals surface area contributed by atoms with Crippen LogP contribution in [0, 0.1) is 5.82 Å². The Balaban J connectivity index is 1.72. The molecule has 0 saturated carbocycles. The van der Waals surface area contributed by atoms with E-state index < -0.39 is 23.7 Å². The lowest BCUT2D eigenvalue weighted by molar-refractivity contribution is -0.132. The van der Waals surface area contributed by atoms with Crippen LogP contribution in [0.25, 0.3) is 0 Å². The number of carbonyl (C=O) groups excluding carboxylic acids is 3. The Morgan fingerprint density at radius 1 is 0.931 bits per heavy atom. The summed E-state index contributed by atoms with van der Waals surface area (Å²) in [5.41, 5.74) is 4.82. The van der Waals surface area contributed by atoms with E-state index in [1.54, 1.807) is 24.3 Å². The van der Waals surface area contributed by atoms with Gasteiger partial charge in [0.2, 0.25) is 5.91 Å². The average Bonchev–Trinajstić information content (AvgIpc) is 2.72. The maximum atomic E-state index is 12.9. The third-order valence-corrected chi connectivity index (χ3v) is 3.89. The molecule has 0 radical (unpaired) electrons. The van der Waals surface area contributed by atoms with Crippen molar-refractivity contribution in [2.45, 2.75) is 32.8 Å². The molecule has 2 aromatic carbocycles. The molecule has 2 amide bonds. The summed E-state index contributed by atoms with van der Waals surface area (Å²) in [5.74, 6) is -0.631. The van der Waals surface area contributed by atoms with Crippen molar-refractivity contribution >= 4 is 17.6 Å². The summed E-state index contributed by atoms with van der Waals surface area (Å²) in [6.07, 6.45) is -1.04. The topological polar surface area (TPSA) is 93.7 Å². The van der Waals surface area contributed by atoms with Gasteiger partial charge in [0.15, 0.2) is 11.9 Å². The molecule has 8 heteroatoms. The van der Waals surface area contributed by atoms with Crippen LogP contribution in [0.5, 0.6) is 11.5 Å². The fraction of sp³-hybridized carbons (Fsp3) is 0.286. The van der Waals surface area contributed by atoms with E-state index in [4.69, 9.17) is 9.47 Å². The van der Waals surface area contributed by atoms with E-state index in [9.17, 15) is 18.8 Å². The number of amides is 2. The first-order valence-electron chi connectivity index (χ1n) is 9.16. The zero-order valence-corrected chi connectivity index (χ0v) is 16.2. The highest BCUT2D eigenvalue weighted by atomic mass is 19.1. The maximum Gasteiger partial charge on any atom is 0.279 e. The fourth-order valence-electron chi connectivity index (χ4n) is 2.34. The van der Waals surface area contributed by atoms with Crippen LogP contribution in [-0.4, -0.2) is 30.3 Å². The Morgan fingerprint density at radius 3 is 2.17 bits per heavy atom. The number of rotatable bonds is 9. The van der Waals surface area contributed by atoms with Gasteiger partial charge >= 0.3 is 0 Å². The van der Waals surface area contributed by atoms with Gasteiger partial charge in [-0.15, -0.1) is 0 Å². The summed E-state index contributed by atoms with van der Waals surface area (Å²) in [5, 5.41) is 0. The molecule has 0 spiro atoms. The molecule has 2 aromatic rings. The van der Waals surface area contributed by atoms with Crippen LogP contribution < -0.4 is 20.3 Å². The van der Waals surface area contributed by atoms with Gasteiger partial charge in [-0.05, 0) is 62.4 Å². The second-order valence-electron chi connectivity index (χ2n) is 6.13. The van der Waals surface area contributed by atoms with Crippen LogP contribution in [0.4, 0.5) is 4.39 Å². The van der Waals surface area contributed by atoms with Crippen LogP contribution in [0.15, 0.2) is 48.5 Å². The number of carbonyl (C=O) groups is 3. The Bertz CT molecular complexity index is 837. The van der Waals surface area contributed by atoms with Crippen LogP contribution >= 0.6 is 0 Å².